The van der Waals surface area contributed by atoms with Gasteiger partial charge in [0.05, 0.1) is 0 Å². The van der Waals surface area contributed by atoms with Crippen molar-refractivity contribution < 1.29 is 9.53 Å². The van der Waals surface area contributed by atoms with Crippen LogP contribution in [0.25, 0.3) is 0 Å². The van der Waals surface area contributed by atoms with E-state index in [1.165, 1.54) is 0 Å². The first-order chi connectivity index (χ1) is 11.5. The molecule has 0 aliphatic rings. The molecule has 0 unspecified atom stereocenters. The van der Waals surface area contributed by atoms with Crippen LogP contribution in [0.4, 0.5) is 0 Å². The monoisotopic (exact) mass is 484 g/mol. The van der Waals surface area contributed by atoms with Crippen LogP contribution in [0, 0.1) is 0 Å². The van der Waals surface area contributed by atoms with E-state index in [0.717, 1.165) is 20.1 Å². The summed E-state index contributed by atoms with van der Waals surface area (Å²) < 4.78 is 8.65. The van der Waals surface area contributed by atoms with Crippen LogP contribution in [0.5, 0.6) is 0 Å². The van der Waals surface area contributed by atoms with E-state index in [0.29, 0.717) is 0 Å². The summed E-state index contributed by atoms with van der Waals surface area (Å²) in [6.07, 6.45) is -1.11. The highest BCUT2D eigenvalue weighted by molar-refractivity contribution is 9.10. The molecular formula is C20H26Br2O2Si. The zero-order valence-electron chi connectivity index (χ0n) is 15.4. The van der Waals surface area contributed by atoms with Gasteiger partial charge in [-0.2, -0.15) is 0 Å². The standard InChI is InChI=1S/C20H26Br2O2Si/c1-20(2,3)25(4,5)24-19(15-8-12-17(22)13-9-15)18(23)14-6-10-16(21)11-7-14/h6-13,18-19,23H,1-5H3/t18-,19+/m1/s1. The highest BCUT2D eigenvalue weighted by atomic mass is 79.9. The summed E-state index contributed by atoms with van der Waals surface area (Å²) >= 11 is 6.93. The largest absolute Gasteiger partial charge is 0.407 e. The molecule has 0 aliphatic heterocycles. The summed E-state index contributed by atoms with van der Waals surface area (Å²) in [7, 11) is -2.05. The minimum atomic E-state index is -2.05. The van der Waals surface area contributed by atoms with Crippen LogP contribution in [-0.4, -0.2) is 13.4 Å². The van der Waals surface area contributed by atoms with Crippen molar-refractivity contribution in [2.45, 2.75) is 51.1 Å². The van der Waals surface area contributed by atoms with Crippen molar-refractivity contribution in [3.8, 4) is 0 Å². The molecule has 136 valence electrons. The van der Waals surface area contributed by atoms with Gasteiger partial charge in [0.15, 0.2) is 8.32 Å². The van der Waals surface area contributed by atoms with Crippen molar-refractivity contribution in [3.63, 3.8) is 0 Å². The van der Waals surface area contributed by atoms with E-state index in [4.69, 9.17) is 4.43 Å². The molecule has 0 heterocycles. The van der Waals surface area contributed by atoms with Gasteiger partial charge >= 0.3 is 0 Å². The molecule has 2 aromatic rings. The summed E-state index contributed by atoms with van der Waals surface area (Å²) in [6, 6.07) is 15.8. The molecular weight excluding hydrogens is 460 g/mol. The molecule has 1 N–H and O–H groups in total. The number of benzene rings is 2. The third-order valence-corrected chi connectivity index (χ3v) is 10.4. The number of hydrogen-bond donors (Lipinski definition) is 1. The molecule has 2 rings (SSSR count). The van der Waals surface area contributed by atoms with Gasteiger partial charge in [-0.15, -0.1) is 0 Å². The highest BCUT2D eigenvalue weighted by Gasteiger charge is 2.41. The van der Waals surface area contributed by atoms with Gasteiger partial charge in [-0.25, -0.2) is 0 Å². The molecule has 0 saturated carbocycles. The van der Waals surface area contributed by atoms with Crippen LogP contribution in [0.15, 0.2) is 57.5 Å². The first-order valence-corrected chi connectivity index (χ1v) is 12.9. The Kier molecular flexibility index (Phi) is 6.71. The lowest BCUT2D eigenvalue weighted by Crippen LogP contribution is -2.42. The zero-order chi connectivity index (χ0) is 18.8. The summed E-state index contributed by atoms with van der Waals surface area (Å²) in [6.45, 7) is 11.1. The Morgan fingerprint density at radius 3 is 1.64 bits per heavy atom. The second-order valence-corrected chi connectivity index (χ2v) is 14.4. The Hall–Kier alpha value is -0.463. The van der Waals surface area contributed by atoms with E-state index in [2.05, 4.69) is 65.7 Å². The molecule has 0 radical (unpaired) electrons. The molecule has 0 aliphatic carbocycles. The lowest BCUT2D eigenvalue weighted by Gasteiger charge is -2.40. The zero-order valence-corrected chi connectivity index (χ0v) is 19.6. The predicted octanol–water partition coefficient (Wildman–Crippen LogP) is 7.01. The molecule has 5 heteroatoms. The molecule has 2 aromatic carbocycles. The molecule has 0 bridgehead atoms. The van der Waals surface area contributed by atoms with E-state index in [1.54, 1.807) is 0 Å². The van der Waals surface area contributed by atoms with Crippen molar-refractivity contribution in [3.05, 3.63) is 68.6 Å². The Bertz CT molecular complexity index is 691. The smallest absolute Gasteiger partial charge is 0.193 e. The first-order valence-electron chi connectivity index (χ1n) is 8.38. The van der Waals surface area contributed by atoms with Gasteiger partial charge in [0.1, 0.15) is 12.2 Å². The van der Waals surface area contributed by atoms with Crippen LogP contribution in [0.1, 0.15) is 44.1 Å². The van der Waals surface area contributed by atoms with Gasteiger partial charge in [-0.05, 0) is 53.5 Å². The number of aliphatic hydroxyl groups excluding tert-OH is 1. The average molecular weight is 486 g/mol. The molecule has 25 heavy (non-hydrogen) atoms. The van der Waals surface area contributed by atoms with Crippen LogP contribution in [0.3, 0.4) is 0 Å². The van der Waals surface area contributed by atoms with Crippen LogP contribution < -0.4 is 0 Å². The predicted molar refractivity (Wildman–Crippen MR) is 114 cm³/mol. The third kappa shape index (κ3) is 5.26. The number of aliphatic hydroxyl groups is 1. The van der Waals surface area contributed by atoms with Crippen LogP contribution in [0.2, 0.25) is 18.1 Å². The maximum Gasteiger partial charge on any atom is 0.193 e. The Morgan fingerprint density at radius 1 is 0.840 bits per heavy atom. The van der Waals surface area contributed by atoms with Gasteiger partial charge < -0.3 is 9.53 Å². The summed E-state index contributed by atoms with van der Waals surface area (Å²) in [4.78, 5) is 0. The number of rotatable bonds is 5. The Labute approximate surface area is 169 Å². The maximum atomic E-state index is 11.1. The maximum absolute atomic E-state index is 11.1. The summed E-state index contributed by atoms with van der Waals surface area (Å²) in [5.41, 5.74) is 1.85. The topological polar surface area (TPSA) is 29.5 Å². The molecule has 0 saturated heterocycles. The van der Waals surface area contributed by atoms with E-state index >= 15 is 0 Å². The molecule has 0 amide bonds. The SMILES string of the molecule is CC(C)(C)[Si](C)(C)O[C@@H](c1ccc(Br)cc1)[C@H](O)c1ccc(Br)cc1. The summed E-state index contributed by atoms with van der Waals surface area (Å²) in [5.74, 6) is 0. The average Bonchev–Trinajstić information content (AvgIpc) is 2.52. The lowest BCUT2D eigenvalue weighted by molar-refractivity contribution is 0.0253. The third-order valence-electron chi connectivity index (χ3n) is 4.92. The number of hydrogen-bond acceptors (Lipinski definition) is 2. The van der Waals surface area contributed by atoms with Crippen molar-refractivity contribution in [2.75, 3.05) is 0 Å². The van der Waals surface area contributed by atoms with Crippen molar-refractivity contribution in [2.24, 2.45) is 0 Å². The minimum absolute atomic E-state index is 0.0695. The molecule has 0 aromatic heterocycles. The molecule has 0 spiro atoms. The fourth-order valence-corrected chi connectivity index (χ4v) is 4.08. The van der Waals surface area contributed by atoms with Crippen molar-refractivity contribution in [1.29, 1.82) is 0 Å². The Balaban J connectivity index is 2.41. The van der Waals surface area contributed by atoms with Gasteiger partial charge in [0.2, 0.25) is 0 Å². The van der Waals surface area contributed by atoms with Crippen molar-refractivity contribution in [1.82, 2.24) is 0 Å². The van der Waals surface area contributed by atoms with Gasteiger partial charge in [-0.3, -0.25) is 0 Å². The molecule has 0 fully saturated rings. The normalized spacial score (nSPS) is 15.0. The second kappa shape index (κ2) is 8.05. The van der Waals surface area contributed by atoms with Gasteiger partial charge in [-0.1, -0.05) is 76.9 Å². The van der Waals surface area contributed by atoms with Crippen LogP contribution in [-0.2, 0) is 4.43 Å². The quantitative estimate of drug-likeness (QED) is 0.461. The van der Waals surface area contributed by atoms with E-state index in [-0.39, 0.29) is 5.04 Å². The summed E-state index contributed by atoms with van der Waals surface area (Å²) in [5, 5.41) is 11.2. The van der Waals surface area contributed by atoms with E-state index in [1.807, 2.05) is 48.5 Å². The van der Waals surface area contributed by atoms with Gasteiger partial charge in [0.25, 0.3) is 0 Å². The second-order valence-electron chi connectivity index (χ2n) is 7.85. The van der Waals surface area contributed by atoms with E-state index in [9.17, 15) is 5.11 Å². The fourth-order valence-electron chi connectivity index (χ4n) is 2.30. The Morgan fingerprint density at radius 2 is 1.24 bits per heavy atom. The van der Waals surface area contributed by atoms with Gasteiger partial charge in [0, 0.05) is 8.95 Å². The van der Waals surface area contributed by atoms with E-state index < -0.39 is 20.5 Å². The highest BCUT2D eigenvalue weighted by Crippen LogP contribution is 2.43. The minimum Gasteiger partial charge on any atom is -0.407 e. The van der Waals surface area contributed by atoms with Crippen LogP contribution >= 0.6 is 31.9 Å². The molecule has 2 atom stereocenters. The lowest BCUT2D eigenvalue weighted by atomic mass is 9.98. The number of halogens is 2. The fraction of sp³-hybridized carbons (Fsp3) is 0.400. The first kappa shape index (κ1) is 20.8. The molecule has 2 nitrogen and oxygen atoms in total. The van der Waals surface area contributed by atoms with Crippen molar-refractivity contribution >= 4 is 40.2 Å².